The fourth-order valence-electron chi connectivity index (χ4n) is 8.62. The van der Waals surface area contributed by atoms with Crippen LogP contribution in [-0.2, 0) is 15.4 Å². The van der Waals surface area contributed by atoms with Crippen LogP contribution in [0.3, 0.4) is 0 Å². The number of amides is 1. The summed E-state index contributed by atoms with van der Waals surface area (Å²) in [6, 6.07) is 19.6. The first kappa shape index (κ1) is 33.3. The van der Waals surface area contributed by atoms with Gasteiger partial charge in [0.1, 0.15) is 11.6 Å². The quantitative estimate of drug-likeness (QED) is 0.204. The molecule has 1 N–H and O–H groups in total. The summed E-state index contributed by atoms with van der Waals surface area (Å²) in [7, 11) is -3.63. The fraction of sp³-hybridized carbons (Fsp3) is 0.444. The summed E-state index contributed by atoms with van der Waals surface area (Å²) in [6.07, 6.45) is 7.74. The SMILES string of the molecule is Cc1nc2ccccc2n1C1C[C@H]2CC[C@@H](C1)N2CCC1(c2cccc(F)c2)CCN(C(=O)c2cc(Cl)cc(NS(C)(=O)=O)c2Cl)CC1. The summed E-state index contributed by atoms with van der Waals surface area (Å²) in [6.45, 7) is 3.93. The maximum atomic E-state index is 14.6. The van der Waals surface area contributed by atoms with Crippen LogP contribution in [0.4, 0.5) is 10.1 Å². The third-order valence-electron chi connectivity index (χ3n) is 10.9. The van der Waals surface area contributed by atoms with Gasteiger partial charge >= 0.3 is 0 Å². The molecule has 12 heteroatoms. The zero-order valence-corrected chi connectivity index (χ0v) is 29.5. The molecule has 0 saturated carbocycles. The average Bonchev–Trinajstić information content (AvgIpc) is 3.51. The lowest BCUT2D eigenvalue weighted by molar-refractivity contribution is 0.0606. The number of hydrogen-bond donors (Lipinski definition) is 1. The van der Waals surface area contributed by atoms with E-state index in [2.05, 4.69) is 39.3 Å². The van der Waals surface area contributed by atoms with Crippen LogP contribution in [0.1, 0.15) is 72.7 Å². The molecule has 3 aliphatic rings. The highest BCUT2D eigenvalue weighted by Gasteiger charge is 2.44. The maximum Gasteiger partial charge on any atom is 0.255 e. The third kappa shape index (κ3) is 6.44. The Kier molecular flexibility index (Phi) is 8.98. The summed E-state index contributed by atoms with van der Waals surface area (Å²) in [5.41, 5.74) is 3.15. The predicted molar refractivity (Wildman–Crippen MR) is 189 cm³/mol. The van der Waals surface area contributed by atoms with Crippen molar-refractivity contribution in [2.24, 2.45) is 0 Å². The molecule has 0 aliphatic carbocycles. The minimum Gasteiger partial charge on any atom is -0.339 e. The monoisotopic (exact) mass is 711 g/mol. The number of carbonyl (C=O) groups is 1. The molecular weight excluding hydrogens is 672 g/mol. The van der Waals surface area contributed by atoms with Crippen LogP contribution in [0.2, 0.25) is 10.0 Å². The lowest BCUT2D eigenvalue weighted by atomic mass is 9.70. The Morgan fingerprint density at radius 3 is 2.40 bits per heavy atom. The van der Waals surface area contributed by atoms with Gasteiger partial charge in [-0.05, 0) is 106 Å². The van der Waals surface area contributed by atoms with Gasteiger partial charge in [-0.15, -0.1) is 0 Å². The minimum absolute atomic E-state index is 0.00885. The first-order valence-electron chi connectivity index (χ1n) is 16.6. The van der Waals surface area contributed by atoms with Crippen molar-refractivity contribution in [1.29, 1.82) is 0 Å². The Hall–Kier alpha value is -3.18. The Morgan fingerprint density at radius 1 is 1.00 bits per heavy atom. The second-order valence-electron chi connectivity index (χ2n) is 13.8. The van der Waals surface area contributed by atoms with Crippen LogP contribution in [0.15, 0.2) is 60.7 Å². The number of likely N-dealkylation sites (tertiary alicyclic amines) is 1. The van der Waals surface area contributed by atoms with Crippen LogP contribution in [0, 0.1) is 12.7 Å². The van der Waals surface area contributed by atoms with Crippen LogP contribution in [0.5, 0.6) is 0 Å². The number of nitrogens with zero attached hydrogens (tertiary/aromatic N) is 4. The number of aromatic nitrogens is 2. The van der Waals surface area contributed by atoms with Crippen molar-refractivity contribution in [3.05, 3.63) is 93.5 Å². The van der Waals surface area contributed by atoms with E-state index in [0.717, 1.165) is 49.0 Å². The molecule has 0 spiro atoms. The Bertz CT molecular complexity index is 1960. The van der Waals surface area contributed by atoms with Crippen molar-refractivity contribution in [2.75, 3.05) is 30.6 Å². The summed E-state index contributed by atoms with van der Waals surface area (Å²) in [5.74, 6) is 0.502. The number of carbonyl (C=O) groups excluding carboxylic acids is 1. The molecule has 3 atom stereocenters. The summed E-state index contributed by atoms with van der Waals surface area (Å²) >= 11 is 12.8. The number of hydrogen-bond acceptors (Lipinski definition) is 5. The van der Waals surface area contributed by atoms with Gasteiger partial charge < -0.3 is 9.47 Å². The van der Waals surface area contributed by atoms with E-state index in [1.54, 1.807) is 17.0 Å². The van der Waals surface area contributed by atoms with Gasteiger partial charge in [0.05, 0.1) is 33.6 Å². The van der Waals surface area contributed by atoms with Gasteiger partial charge in [-0.3, -0.25) is 14.4 Å². The molecule has 3 saturated heterocycles. The van der Waals surface area contributed by atoms with Gasteiger partial charge in [-0.1, -0.05) is 47.5 Å². The van der Waals surface area contributed by atoms with Crippen molar-refractivity contribution in [1.82, 2.24) is 19.4 Å². The first-order valence-corrected chi connectivity index (χ1v) is 19.3. The molecule has 4 heterocycles. The lowest BCUT2D eigenvalue weighted by Gasteiger charge is -2.45. The highest BCUT2D eigenvalue weighted by Crippen LogP contribution is 2.45. The highest BCUT2D eigenvalue weighted by atomic mass is 35.5. The van der Waals surface area contributed by atoms with E-state index in [4.69, 9.17) is 28.2 Å². The maximum absolute atomic E-state index is 14.6. The molecule has 254 valence electrons. The van der Waals surface area contributed by atoms with Crippen molar-refractivity contribution < 1.29 is 17.6 Å². The largest absolute Gasteiger partial charge is 0.339 e. The second-order valence-corrected chi connectivity index (χ2v) is 16.4. The smallest absolute Gasteiger partial charge is 0.255 e. The normalized spacial score (nSPS) is 22.7. The number of halogens is 3. The van der Waals surface area contributed by atoms with Gasteiger partial charge in [-0.2, -0.15) is 0 Å². The minimum atomic E-state index is -3.63. The lowest BCUT2D eigenvalue weighted by Crippen LogP contribution is -2.49. The number of rotatable bonds is 8. The summed E-state index contributed by atoms with van der Waals surface area (Å²) < 4.78 is 43.2. The van der Waals surface area contributed by atoms with Crippen LogP contribution in [0.25, 0.3) is 11.0 Å². The molecule has 2 bridgehead atoms. The number of para-hydroxylation sites is 2. The molecule has 3 aromatic carbocycles. The van der Waals surface area contributed by atoms with Gasteiger partial charge in [0.15, 0.2) is 0 Å². The van der Waals surface area contributed by atoms with E-state index in [-0.39, 0.29) is 38.4 Å². The van der Waals surface area contributed by atoms with Gasteiger partial charge in [-0.25, -0.2) is 17.8 Å². The van der Waals surface area contributed by atoms with Crippen molar-refractivity contribution >= 4 is 55.9 Å². The number of anilines is 1. The van der Waals surface area contributed by atoms with Crippen LogP contribution < -0.4 is 4.72 Å². The molecule has 1 aromatic heterocycles. The van der Waals surface area contributed by atoms with Crippen LogP contribution >= 0.6 is 23.2 Å². The van der Waals surface area contributed by atoms with E-state index in [9.17, 15) is 17.6 Å². The molecule has 1 unspecified atom stereocenters. The number of piperidine rings is 2. The first-order chi connectivity index (χ1) is 22.9. The molecule has 3 fully saturated rings. The predicted octanol–water partition coefficient (Wildman–Crippen LogP) is 7.59. The number of sulfonamides is 1. The average molecular weight is 713 g/mol. The van der Waals surface area contributed by atoms with E-state index in [1.165, 1.54) is 36.6 Å². The zero-order chi connectivity index (χ0) is 33.8. The number of nitrogens with one attached hydrogen (secondary N) is 1. The number of imidazole rings is 1. The molecule has 3 aliphatic heterocycles. The van der Waals surface area contributed by atoms with E-state index >= 15 is 0 Å². The molecule has 7 rings (SSSR count). The second kappa shape index (κ2) is 12.9. The third-order valence-corrected chi connectivity index (χ3v) is 12.1. The van der Waals surface area contributed by atoms with Gasteiger partial charge in [0, 0.05) is 36.2 Å². The standard InChI is InChI=1S/C36H40Cl2FN5O3S/c1-23-40-31-8-3-4-9-33(31)44(23)29-21-27-10-11-28(22-29)43(27)17-14-36(24-6-5-7-26(39)18-24)12-15-42(16-13-36)35(45)30-19-25(37)20-32(34(30)38)41-48(2,46)47/h3-9,18-20,27-29,41H,10-17,21-22H2,1-2H3/t27-,28+,29?. The van der Waals surface area contributed by atoms with E-state index < -0.39 is 10.0 Å². The number of benzene rings is 3. The van der Waals surface area contributed by atoms with E-state index in [1.807, 2.05) is 12.1 Å². The van der Waals surface area contributed by atoms with Gasteiger partial charge in [0.2, 0.25) is 10.0 Å². The fourth-order valence-corrected chi connectivity index (χ4v) is 9.69. The number of aryl methyl sites for hydroxylation is 1. The summed E-state index contributed by atoms with van der Waals surface area (Å²) in [4.78, 5) is 23.0. The molecular formula is C36H40Cl2FN5O3S. The Morgan fingerprint density at radius 2 is 1.71 bits per heavy atom. The van der Waals surface area contributed by atoms with E-state index in [0.29, 0.717) is 44.1 Å². The highest BCUT2D eigenvalue weighted by molar-refractivity contribution is 7.92. The van der Waals surface area contributed by atoms with Crippen molar-refractivity contribution in [2.45, 2.75) is 75.4 Å². The van der Waals surface area contributed by atoms with Crippen LogP contribution in [-0.4, -0.2) is 71.6 Å². The molecule has 4 aromatic rings. The Balaban J connectivity index is 1.08. The zero-order valence-electron chi connectivity index (χ0n) is 27.1. The molecule has 8 nitrogen and oxygen atoms in total. The van der Waals surface area contributed by atoms with Crippen molar-refractivity contribution in [3.63, 3.8) is 0 Å². The Labute approximate surface area is 291 Å². The number of fused-ring (bicyclic) bond motifs is 3. The summed E-state index contributed by atoms with van der Waals surface area (Å²) in [5, 5.41) is 0.212. The molecule has 0 radical (unpaired) electrons. The van der Waals surface area contributed by atoms with Crippen molar-refractivity contribution in [3.8, 4) is 0 Å². The van der Waals surface area contributed by atoms with Gasteiger partial charge in [0.25, 0.3) is 5.91 Å². The molecule has 48 heavy (non-hydrogen) atoms. The molecule has 1 amide bonds. The topological polar surface area (TPSA) is 87.5 Å².